The Balaban J connectivity index is 1.47. The number of ether oxygens (including phenoxy) is 1. The second kappa shape index (κ2) is 9.75. The second-order valence-electron chi connectivity index (χ2n) is 7.99. The topological polar surface area (TPSA) is 57.4 Å². The maximum absolute atomic E-state index is 11.6. The van der Waals surface area contributed by atoms with E-state index >= 15 is 0 Å². The fourth-order valence-electron chi connectivity index (χ4n) is 3.88. The lowest BCUT2D eigenvalue weighted by atomic mass is 9.90. The summed E-state index contributed by atoms with van der Waals surface area (Å²) >= 11 is 0. The van der Waals surface area contributed by atoms with Crippen LogP contribution in [0, 0.1) is 6.57 Å². The summed E-state index contributed by atoms with van der Waals surface area (Å²) in [6, 6.07) is 15.0. The molecule has 0 aliphatic carbocycles. The van der Waals surface area contributed by atoms with Crippen molar-refractivity contribution in [3.05, 3.63) is 71.1 Å². The molecule has 2 aromatic rings. The number of nitrogens with zero attached hydrogens (tertiary/aromatic N) is 3. The molecule has 0 amide bonds. The molecule has 2 aromatic carbocycles. The molecule has 1 N–H and O–H groups in total. The largest absolute Gasteiger partial charge is 0.465 e. The first kappa shape index (κ1) is 21.8. The molecule has 1 fully saturated rings. The van der Waals surface area contributed by atoms with E-state index in [2.05, 4.69) is 9.74 Å². The molecular formula is C24H29N3O3. The van der Waals surface area contributed by atoms with Crippen LogP contribution in [-0.4, -0.2) is 61.9 Å². The Labute approximate surface area is 178 Å². The molecule has 1 saturated heterocycles. The zero-order valence-electron chi connectivity index (χ0n) is 17.7. The summed E-state index contributed by atoms with van der Waals surface area (Å²) in [6.45, 7) is 10.3. The highest BCUT2D eigenvalue weighted by Gasteiger charge is 2.33. The minimum Gasteiger partial charge on any atom is -0.465 e. The minimum atomic E-state index is -0.719. The Bertz CT molecular complexity index is 879. The van der Waals surface area contributed by atoms with Crippen molar-refractivity contribution in [3.63, 3.8) is 0 Å². The predicted octanol–water partition coefficient (Wildman–Crippen LogP) is 3.53. The fraction of sp³-hybridized carbons (Fsp3) is 0.417. The third-order valence-corrected chi connectivity index (χ3v) is 5.83. The van der Waals surface area contributed by atoms with Crippen molar-refractivity contribution in [2.75, 3.05) is 45.2 Å². The monoisotopic (exact) mass is 407 g/mol. The van der Waals surface area contributed by atoms with Crippen LogP contribution in [0.15, 0.2) is 48.5 Å². The van der Waals surface area contributed by atoms with Crippen LogP contribution in [-0.2, 0) is 11.2 Å². The number of carbonyl (C=O) groups excluding carboxylic acids is 1. The minimum absolute atomic E-state index is 0.350. The first-order valence-electron chi connectivity index (χ1n) is 10.2. The van der Waals surface area contributed by atoms with Gasteiger partial charge in [-0.05, 0) is 49.1 Å². The maximum atomic E-state index is 11.6. The van der Waals surface area contributed by atoms with Gasteiger partial charge in [-0.2, -0.15) is 0 Å². The van der Waals surface area contributed by atoms with Crippen LogP contribution in [0.1, 0.15) is 28.8 Å². The molecular weight excluding hydrogens is 378 g/mol. The normalized spacial score (nSPS) is 15.9. The van der Waals surface area contributed by atoms with E-state index in [9.17, 15) is 9.90 Å². The van der Waals surface area contributed by atoms with Gasteiger partial charge >= 0.3 is 5.97 Å². The molecule has 1 aliphatic rings. The van der Waals surface area contributed by atoms with Gasteiger partial charge in [-0.1, -0.05) is 24.3 Å². The SMILES string of the molecule is [C-]#[N+]c1ccc(CCN2CCC(O)(CN(C)c3ccc(C(=O)OC)cc3)CC2)cc1. The van der Waals surface area contributed by atoms with Crippen molar-refractivity contribution in [1.82, 2.24) is 4.90 Å². The molecule has 0 spiro atoms. The van der Waals surface area contributed by atoms with Gasteiger partial charge in [0.05, 0.1) is 24.8 Å². The molecule has 0 bridgehead atoms. The Morgan fingerprint density at radius 1 is 1.17 bits per heavy atom. The Morgan fingerprint density at radius 2 is 1.80 bits per heavy atom. The Morgan fingerprint density at radius 3 is 2.37 bits per heavy atom. The summed E-state index contributed by atoms with van der Waals surface area (Å²) in [5.74, 6) is -0.350. The molecule has 1 heterocycles. The summed E-state index contributed by atoms with van der Waals surface area (Å²) in [6.07, 6.45) is 2.41. The highest BCUT2D eigenvalue weighted by atomic mass is 16.5. The summed E-state index contributed by atoms with van der Waals surface area (Å²) in [5, 5.41) is 11.1. The number of likely N-dealkylation sites (tertiary alicyclic amines) is 1. The highest BCUT2D eigenvalue weighted by Crippen LogP contribution is 2.26. The molecule has 0 aromatic heterocycles. The lowest BCUT2D eigenvalue weighted by molar-refractivity contribution is -0.0137. The number of piperidine rings is 1. The first-order chi connectivity index (χ1) is 14.4. The number of benzene rings is 2. The third-order valence-electron chi connectivity index (χ3n) is 5.83. The number of anilines is 1. The van der Waals surface area contributed by atoms with E-state index in [0.29, 0.717) is 17.8 Å². The van der Waals surface area contributed by atoms with Gasteiger partial charge in [0.15, 0.2) is 5.69 Å². The van der Waals surface area contributed by atoms with E-state index in [1.807, 2.05) is 48.3 Å². The second-order valence-corrected chi connectivity index (χ2v) is 7.99. The van der Waals surface area contributed by atoms with Gasteiger partial charge < -0.3 is 19.6 Å². The summed E-state index contributed by atoms with van der Waals surface area (Å²) in [7, 11) is 3.33. The molecule has 158 valence electrons. The zero-order valence-corrected chi connectivity index (χ0v) is 17.7. The lowest BCUT2D eigenvalue weighted by Crippen LogP contribution is -2.50. The van der Waals surface area contributed by atoms with E-state index in [1.165, 1.54) is 12.7 Å². The van der Waals surface area contributed by atoms with Gasteiger partial charge in [0, 0.05) is 38.9 Å². The lowest BCUT2D eigenvalue weighted by Gasteiger charge is -2.40. The zero-order chi connectivity index (χ0) is 21.6. The number of hydrogen-bond donors (Lipinski definition) is 1. The summed E-state index contributed by atoms with van der Waals surface area (Å²) in [5.41, 5.74) is 2.67. The van der Waals surface area contributed by atoms with Gasteiger partial charge in [-0.25, -0.2) is 9.64 Å². The molecule has 0 atom stereocenters. The van der Waals surface area contributed by atoms with Crippen molar-refractivity contribution in [1.29, 1.82) is 0 Å². The number of rotatable bonds is 7. The van der Waals surface area contributed by atoms with E-state index in [-0.39, 0.29) is 5.97 Å². The molecule has 6 nitrogen and oxygen atoms in total. The van der Waals surface area contributed by atoms with Crippen molar-refractivity contribution in [2.24, 2.45) is 0 Å². The number of likely N-dealkylation sites (N-methyl/N-ethyl adjacent to an activating group) is 1. The quantitative estimate of drug-likeness (QED) is 0.562. The molecule has 0 radical (unpaired) electrons. The Hall–Kier alpha value is -2.88. The van der Waals surface area contributed by atoms with Crippen LogP contribution in [0.5, 0.6) is 0 Å². The van der Waals surface area contributed by atoms with E-state index in [4.69, 9.17) is 11.3 Å². The maximum Gasteiger partial charge on any atom is 0.337 e. The molecule has 1 aliphatic heterocycles. The highest BCUT2D eigenvalue weighted by molar-refractivity contribution is 5.89. The number of methoxy groups -OCH3 is 1. The van der Waals surface area contributed by atoms with Crippen molar-refractivity contribution in [2.45, 2.75) is 24.9 Å². The van der Waals surface area contributed by atoms with Gasteiger partial charge in [-0.3, -0.25) is 0 Å². The van der Waals surface area contributed by atoms with E-state index < -0.39 is 5.60 Å². The van der Waals surface area contributed by atoms with Gasteiger partial charge in [0.1, 0.15) is 0 Å². The van der Waals surface area contributed by atoms with E-state index in [0.717, 1.165) is 44.6 Å². The van der Waals surface area contributed by atoms with Crippen LogP contribution in [0.4, 0.5) is 11.4 Å². The van der Waals surface area contributed by atoms with Crippen LogP contribution in [0.2, 0.25) is 0 Å². The van der Waals surface area contributed by atoms with Gasteiger partial charge in [0.25, 0.3) is 0 Å². The number of esters is 1. The van der Waals surface area contributed by atoms with Crippen molar-refractivity contribution in [3.8, 4) is 0 Å². The van der Waals surface area contributed by atoms with E-state index in [1.54, 1.807) is 12.1 Å². The van der Waals surface area contributed by atoms with Crippen LogP contribution < -0.4 is 4.90 Å². The molecule has 30 heavy (non-hydrogen) atoms. The van der Waals surface area contributed by atoms with Crippen molar-refractivity contribution < 1.29 is 14.6 Å². The number of carbonyl (C=O) groups is 1. The van der Waals surface area contributed by atoms with Crippen LogP contribution in [0.3, 0.4) is 0 Å². The number of hydrogen-bond acceptors (Lipinski definition) is 5. The van der Waals surface area contributed by atoms with Gasteiger partial charge in [-0.15, -0.1) is 0 Å². The summed E-state index contributed by atoms with van der Waals surface area (Å²) < 4.78 is 4.73. The van der Waals surface area contributed by atoms with Crippen LogP contribution in [0.25, 0.3) is 4.85 Å². The molecule has 3 rings (SSSR count). The molecule has 0 saturated carbocycles. The smallest absolute Gasteiger partial charge is 0.337 e. The number of aliphatic hydroxyl groups is 1. The summed E-state index contributed by atoms with van der Waals surface area (Å²) in [4.78, 5) is 19.4. The molecule has 6 heteroatoms. The average molecular weight is 408 g/mol. The average Bonchev–Trinajstić information content (AvgIpc) is 2.78. The molecule has 0 unspecified atom stereocenters. The predicted molar refractivity (Wildman–Crippen MR) is 118 cm³/mol. The standard InChI is InChI=1S/C24H29N3O3/c1-25-21-8-4-19(5-9-21)12-15-27-16-13-24(29,14-17-27)18-26(2)22-10-6-20(7-11-22)23(28)30-3/h4-11,29H,12-18H2,2-3H3. The van der Waals surface area contributed by atoms with Crippen LogP contribution >= 0.6 is 0 Å². The first-order valence-corrected chi connectivity index (χ1v) is 10.2. The Kier molecular flexibility index (Phi) is 7.09. The third kappa shape index (κ3) is 5.59. The van der Waals surface area contributed by atoms with Gasteiger partial charge in [0.2, 0.25) is 0 Å². The van der Waals surface area contributed by atoms with Crippen molar-refractivity contribution >= 4 is 17.3 Å². The fourth-order valence-corrected chi connectivity index (χ4v) is 3.88.